The second-order valence-corrected chi connectivity index (χ2v) is 3.48. The molecule has 0 N–H and O–H groups in total. The molecule has 0 aliphatic heterocycles. The molecule has 0 aromatic carbocycles. The van der Waals surface area contributed by atoms with E-state index in [1.807, 2.05) is 13.8 Å². The summed E-state index contributed by atoms with van der Waals surface area (Å²) in [7, 11) is 2.58. The highest BCUT2D eigenvalue weighted by atomic mass is 16.5. The summed E-state index contributed by atoms with van der Waals surface area (Å²) in [6.45, 7) is 3.98. The predicted octanol–water partition coefficient (Wildman–Crippen LogP) is 1.77. The van der Waals surface area contributed by atoms with Crippen LogP contribution in [0.3, 0.4) is 0 Å². The molecule has 0 radical (unpaired) electrons. The Balaban J connectivity index is 4.72. The lowest BCUT2D eigenvalue weighted by atomic mass is 9.86. The minimum absolute atomic E-state index is 0.00917. The van der Waals surface area contributed by atoms with E-state index in [-0.39, 0.29) is 5.92 Å². The zero-order valence-corrected chi connectivity index (χ0v) is 9.91. The number of hydrogen-bond acceptors (Lipinski definition) is 4. The van der Waals surface area contributed by atoms with E-state index in [0.717, 1.165) is 19.3 Å². The molecule has 0 unspecified atom stereocenters. The molecular weight excluding hydrogens is 196 g/mol. The van der Waals surface area contributed by atoms with Crippen molar-refractivity contribution in [3.63, 3.8) is 0 Å². The fourth-order valence-electron chi connectivity index (χ4n) is 1.71. The molecule has 0 rings (SSSR count). The smallest absolute Gasteiger partial charge is 0.320 e. The van der Waals surface area contributed by atoms with E-state index >= 15 is 0 Å². The van der Waals surface area contributed by atoms with Gasteiger partial charge in [0.15, 0.2) is 5.92 Å². The Kier molecular flexibility index (Phi) is 6.75. The van der Waals surface area contributed by atoms with Crippen molar-refractivity contribution in [3.05, 3.63) is 0 Å². The van der Waals surface area contributed by atoms with E-state index in [1.54, 1.807) is 0 Å². The van der Waals surface area contributed by atoms with Crippen LogP contribution in [-0.4, -0.2) is 26.2 Å². The van der Waals surface area contributed by atoms with E-state index in [2.05, 4.69) is 9.47 Å². The second-order valence-electron chi connectivity index (χ2n) is 3.48. The van der Waals surface area contributed by atoms with Gasteiger partial charge in [-0.1, -0.05) is 26.7 Å². The first kappa shape index (κ1) is 13.9. The van der Waals surface area contributed by atoms with Gasteiger partial charge in [0.2, 0.25) is 0 Å². The minimum Gasteiger partial charge on any atom is -0.468 e. The summed E-state index contributed by atoms with van der Waals surface area (Å²) in [5, 5.41) is 0. The van der Waals surface area contributed by atoms with Crippen LogP contribution in [0.15, 0.2) is 0 Å². The molecule has 0 aromatic rings. The molecule has 0 bridgehead atoms. The number of esters is 2. The van der Waals surface area contributed by atoms with E-state index in [1.165, 1.54) is 14.2 Å². The Morgan fingerprint density at radius 3 is 1.80 bits per heavy atom. The minimum atomic E-state index is -0.773. The van der Waals surface area contributed by atoms with Gasteiger partial charge in [-0.25, -0.2) is 0 Å². The molecule has 0 amide bonds. The van der Waals surface area contributed by atoms with Gasteiger partial charge >= 0.3 is 11.9 Å². The number of methoxy groups -OCH3 is 2. The Labute approximate surface area is 90.9 Å². The summed E-state index contributed by atoms with van der Waals surface area (Å²) >= 11 is 0. The zero-order valence-electron chi connectivity index (χ0n) is 9.91. The SMILES string of the molecule is CCC[C@@H](CC)C(C(=O)OC)C(=O)OC. The van der Waals surface area contributed by atoms with Crippen LogP contribution in [-0.2, 0) is 19.1 Å². The molecular formula is C11H20O4. The molecule has 0 saturated heterocycles. The molecule has 4 nitrogen and oxygen atoms in total. The maximum absolute atomic E-state index is 11.5. The van der Waals surface area contributed by atoms with Crippen molar-refractivity contribution in [1.29, 1.82) is 0 Å². The largest absolute Gasteiger partial charge is 0.468 e. The molecule has 0 spiro atoms. The van der Waals surface area contributed by atoms with Crippen molar-refractivity contribution in [1.82, 2.24) is 0 Å². The van der Waals surface area contributed by atoms with Gasteiger partial charge in [-0.05, 0) is 12.3 Å². The Hall–Kier alpha value is -1.06. The van der Waals surface area contributed by atoms with Crippen LogP contribution >= 0.6 is 0 Å². The first-order chi connectivity index (χ1) is 7.12. The van der Waals surface area contributed by atoms with E-state index in [9.17, 15) is 9.59 Å². The number of rotatable bonds is 6. The topological polar surface area (TPSA) is 52.6 Å². The lowest BCUT2D eigenvalue weighted by Crippen LogP contribution is -2.33. The van der Waals surface area contributed by atoms with E-state index < -0.39 is 17.9 Å². The van der Waals surface area contributed by atoms with Crippen LogP contribution in [0.25, 0.3) is 0 Å². The second kappa shape index (κ2) is 7.26. The molecule has 4 heteroatoms. The van der Waals surface area contributed by atoms with Gasteiger partial charge in [0.05, 0.1) is 14.2 Å². The normalized spacial score (nSPS) is 12.3. The zero-order chi connectivity index (χ0) is 11.8. The summed E-state index contributed by atoms with van der Waals surface area (Å²) < 4.78 is 9.25. The molecule has 0 heterocycles. The maximum Gasteiger partial charge on any atom is 0.320 e. The Morgan fingerprint density at radius 1 is 1.07 bits per heavy atom. The monoisotopic (exact) mass is 216 g/mol. The van der Waals surface area contributed by atoms with Gasteiger partial charge < -0.3 is 9.47 Å². The van der Waals surface area contributed by atoms with Crippen LogP contribution in [0.5, 0.6) is 0 Å². The standard InChI is InChI=1S/C11H20O4/c1-5-7-8(6-2)9(10(12)14-3)11(13)15-4/h8-9H,5-7H2,1-4H3/t8-/m1/s1. The molecule has 0 aliphatic rings. The average molecular weight is 216 g/mol. The van der Waals surface area contributed by atoms with Crippen molar-refractivity contribution in [2.24, 2.45) is 11.8 Å². The van der Waals surface area contributed by atoms with Gasteiger partial charge in [0.25, 0.3) is 0 Å². The van der Waals surface area contributed by atoms with Crippen LogP contribution in [0, 0.1) is 11.8 Å². The van der Waals surface area contributed by atoms with Crippen LogP contribution in [0.1, 0.15) is 33.1 Å². The van der Waals surface area contributed by atoms with Crippen molar-refractivity contribution in [3.8, 4) is 0 Å². The summed E-state index contributed by atoms with van der Waals surface area (Å²) in [5.41, 5.74) is 0. The molecule has 0 aromatic heterocycles. The maximum atomic E-state index is 11.5. The molecule has 0 fully saturated rings. The third kappa shape index (κ3) is 3.90. The molecule has 0 saturated carbocycles. The molecule has 1 atom stereocenters. The van der Waals surface area contributed by atoms with E-state index in [0.29, 0.717) is 0 Å². The van der Waals surface area contributed by atoms with Crippen LogP contribution in [0.2, 0.25) is 0 Å². The van der Waals surface area contributed by atoms with Crippen molar-refractivity contribution in [2.45, 2.75) is 33.1 Å². The highest BCUT2D eigenvalue weighted by Gasteiger charge is 2.35. The van der Waals surface area contributed by atoms with Gasteiger partial charge in [0, 0.05) is 0 Å². The van der Waals surface area contributed by atoms with Gasteiger partial charge in [-0.3, -0.25) is 9.59 Å². The lowest BCUT2D eigenvalue weighted by molar-refractivity contribution is -0.161. The summed E-state index contributed by atoms with van der Waals surface area (Å²) in [5.74, 6) is -1.76. The molecule has 88 valence electrons. The van der Waals surface area contributed by atoms with Gasteiger partial charge in [0.1, 0.15) is 0 Å². The third-order valence-electron chi connectivity index (χ3n) is 2.57. The molecule has 0 aliphatic carbocycles. The van der Waals surface area contributed by atoms with Crippen molar-refractivity contribution in [2.75, 3.05) is 14.2 Å². The fourth-order valence-corrected chi connectivity index (χ4v) is 1.71. The summed E-state index contributed by atoms with van der Waals surface area (Å²) in [4.78, 5) is 22.9. The van der Waals surface area contributed by atoms with E-state index in [4.69, 9.17) is 0 Å². The quantitative estimate of drug-likeness (QED) is 0.501. The summed E-state index contributed by atoms with van der Waals surface area (Å²) in [6, 6.07) is 0. The number of ether oxygens (including phenoxy) is 2. The first-order valence-electron chi connectivity index (χ1n) is 5.27. The van der Waals surface area contributed by atoms with Gasteiger partial charge in [-0.2, -0.15) is 0 Å². The number of hydrogen-bond donors (Lipinski definition) is 0. The number of carbonyl (C=O) groups is 2. The first-order valence-corrected chi connectivity index (χ1v) is 5.27. The highest BCUT2D eigenvalue weighted by molar-refractivity contribution is 5.95. The van der Waals surface area contributed by atoms with Crippen molar-refractivity contribution >= 4 is 11.9 Å². The highest BCUT2D eigenvalue weighted by Crippen LogP contribution is 2.23. The van der Waals surface area contributed by atoms with Gasteiger partial charge in [-0.15, -0.1) is 0 Å². The lowest BCUT2D eigenvalue weighted by Gasteiger charge is -2.21. The van der Waals surface area contributed by atoms with Crippen LogP contribution < -0.4 is 0 Å². The predicted molar refractivity (Wildman–Crippen MR) is 56.2 cm³/mol. The Bertz CT molecular complexity index is 197. The van der Waals surface area contributed by atoms with Crippen LogP contribution in [0.4, 0.5) is 0 Å². The fraction of sp³-hybridized carbons (Fsp3) is 0.818. The average Bonchev–Trinajstić information content (AvgIpc) is 2.27. The Morgan fingerprint density at radius 2 is 1.53 bits per heavy atom. The third-order valence-corrected chi connectivity index (χ3v) is 2.57. The molecule has 15 heavy (non-hydrogen) atoms. The number of carbonyl (C=O) groups excluding carboxylic acids is 2. The summed E-state index contributed by atoms with van der Waals surface area (Å²) in [6.07, 6.45) is 2.52. The van der Waals surface area contributed by atoms with Crippen molar-refractivity contribution < 1.29 is 19.1 Å².